The van der Waals surface area contributed by atoms with Crippen LogP contribution in [0.15, 0.2) is 28.7 Å². The Morgan fingerprint density at radius 3 is 2.59 bits per heavy atom. The molecule has 0 fully saturated rings. The van der Waals surface area contributed by atoms with Crippen molar-refractivity contribution in [1.29, 1.82) is 0 Å². The number of carbonyl (C=O) groups is 2. The van der Waals surface area contributed by atoms with Gasteiger partial charge in [-0.25, -0.2) is 4.79 Å². The number of benzene rings is 1. The lowest BCUT2D eigenvalue weighted by Gasteiger charge is -2.19. The Morgan fingerprint density at radius 1 is 1.36 bits per heavy atom. The summed E-state index contributed by atoms with van der Waals surface area (Å²) in [5.74, 6) is -0.911. The van der Waals surface area contributed by atoms with Crippen LogP contribution in [0, 0.1) is 5.92 Å². The fourth-order valence-electron chi connectivity index (χ4n) is 2.06. The second-order valence-corrected chi connectivity index (χ2v) is 6.48. The molecule has 1 amide bonds. The third-order valence-electron chi connectivity index (χ3n) is 3.13. The molecule has 2 atom stereocenters. The van der Waals surface area contributed by atoms with Crippen molar-refractivity contribution < 1.29 is 19.4 Å². The normalized spacial score (nSPS) is 13.5. The summed E-state index contributed by atoms with van der Waals surface area (Å²) in [5.41, 5.74) is 0.878. The van der Waals surface area contributed by atoms with Gasteiger partial charge in [0.05, 0.1) is 7.11 Å². The van der Waals surface area contributed by atoms with Crippen molar-refractivity contribution in [2.24, 2.45) is 5.92 Å². The second kappa shape index (κ2) is 8.90. The van der Waals surface area contributed by atoms with Gasteiger partial charge in [0.1, 0.15) is 12.1 Å². The molecule has 122 valence electrons. The van der Waals surface area contributed by atoms with Crippen LogP contribution in [0.5, 0.6) is 0 Å². The molecule has 6 heteroatoms. The molecule has 5 nitrogen and oxygen atoms in total. The molecule has 0 heterocycles. The summed E-state index contributed by atoms with van der Waals surface area (Å²) in [6.07, 6.45) is -0.488. The van der Waals surface area contributed by atoms with E-state index in [9.17, 15) is 14.7 Å². The Morgan fingerprint density at radius 2 is 2.05 bits per heavy atom. The van der Waals surface area contributed by atoms with Gasteiger partial charge in [-0.3, -0.25) is 4.79 Å². The molecule has 0 spiro atoms. The number of esters is 1. The van der Waals surface area contributed by atoms with Gasteiger partial charge in [0.25, 0.3) is 0 Å². The van der Waals surface area contributed by atoms with Crippen molar-refractivity contribution >= 4 is 27.8 Å². The minimum Gasteiger partial charge on any atom is -0.467 e. The molecule has 0 saturated carbocycles. The van der Waals surface area contributed by atoms with E-state index in [4.69, 9.17) is 4.74 Å². The van der Waals surface area contributed by atoms with Crippen molar-refractivity contribution in [1.82, 2.24) is 5.32 Å². The quantitative estimate of drug-likeness (QED) is 0.719. The molecule has 0 aliphatic heterocycles. The number of hydrogen-bond acceptors (Lipinski definition) is 4. The Hall–Kier alpha value is -1.40. The van der Waals surface area contributed by atoms with Crippen LogP contribution < -0.4 is 5.32 Å². The topological polar surface area (TPSA) is 75.6 Å². The van der Waals surface area contributed by atoms with Crippen LogP contribution >= 0.6 is 15.9 Å². The Balaban J connectivity index is 2.77. The van der Waals surface area contributed by atoms with Gasteiger partial charge in [0, 0.05) is 10.9 Å². The summed E-state index contributed by atoms with van der Waals surface area (Å²) in [6, 6.07) is 6.63. The summed E-state index contributed by atoms with van der Waals surface area (Å²) >= 11 is 3.36. The molecule has 0 unspecified atom stereocenters. The molecule has 0 aromatic heterocycles. The van der Waals surface area contributed by atoms with Gasteiger partial charge in [0.2, 0.25) is 5.91 Å². The van der Waals surface area contributed by atoms with E-state index in [0.717, 1.165) is 10.0 Å². The van der Waals surface area contributed by atoms with E-state index in [2.05, 4.69) is 21.2 Å². The molecule has 1 aromatic carbocycles. The zero-order valence-corrected chi connectivity index (χ0v) is 14.6. The number of hydrogen-bond donors (Lipinski definition) is 2. The van der Waals surface area contributed by atoms with Gasteiger partial charge in [-0.05, 0) is 30.0 Å². The van der Waals surface area contributed by atoms with E-state index in [0.29, 0.717) is 12.8 Å². The van der Waals surface area contributed by atoms with E-state index in [1.54, 1.807) is 0 Å². The van der Waals surface area contributed by atoms with Crippen LogP contribution in [-0.2, 0) is 20.7 Å². The average molecular weight is 372 g/mol. The standard InChI is InChI=1S/C16H22BrNO4/c1-10(2)7-14(19)15(20)18-13(16(21)22-3)9-11-5-4-6-12(17)8-11/h4-6,8,10,13-14,19H,7,9H2,1-3H3,(H,18,20)/t13-,14+/m1/s1. The van der Waals surface area contributed by atoms with Crippen LogP contribution in [0.3, 0.4) is 0 Å². The third-order valence-corrected chi connectivity index (χ3v) is 3.62. The van der Waals surface area contributed by atoms with Crippen LogP contribution in [0.4, 0.5) is 0 Å². The molecule has 0 bridgehead atoms. The molecular weight excluding hydrogens is 350 g/mol. The lowest BCUT2D eigenvalue weighted by molar-refractivity contribution is -0.146. The minimum absolute atomic E-state index is 0.183. The summed E-state index contributed by atoms with van der Waals surface area (Å²) in [5, 5.41) is 12.4. The SMILES string of the molecule is COC(=O)[C@@H](Cc1cccc(Br)c1)NC(=O)[C@@H](O)CC(C)C. The molecule has 0 aliphatic rings. The summed E-state index contributed by atoms with van der Waals surface area (Å²) in [4.78, 5) is 23.8. The van der Waals surface area contributed by atoms with Gasteiger partial charge >= 0.3 is 5.97 Å². The number of halogens is 1. The number of aliphatic hydroxyl groups excluding tert-OH is 1. The summed E-state index contributed by atoms with van der Waals surface area (Å²) < 4.78 is 5.62. The van der Waals surface area contributed by atoms with Crippen molar-refractivity contribution in [3.8, 4) is 0 Å². The number of aliphatic hydroxyl groups is 1. The second-order valence-electron chi connectivity index (χ2n) is 5.56. The van der Waals surface area contributed by atoms with E-state index in [-0.39, 0.29) is 5.92 Å². The maximum atomic E-state index is 12.0. The van der Waals surface area contributed by atoms with Crippen LogP contribution in [-0.4, -0.2) is 36.2 Å². The summed E-state index contributed by atoms with van der Waals surface area (Å²) in [7, 11) is 1.27. The van der Waals surface area contributed by atoms with Crippen molar-refractivity contribution in [2.45, 2.75) is 38.8 Å². The molecular formula is C16H22BrNO4. The number of nitrogens with one attached hydrogen (secondary N) is 1. The monoisotopic (exact) mass is 371 g/mol. The zero-order valence-electron chi connectivity index (χ0n) is 13.0. The Labute approximate surface area is 139 Å². The first-order chi connectivity index (χ1) is 10.3. The first-order valence-corrected chi connectivity index (χ1v) is 7.93. The molecule has 22 heavy (non-hydrogen) atoms. The lowest BCUT2D eigenvalue weighted by Crippen LogP contribution is -2.47. The number of methoxy groups -OCH3 is 1. The smallest absolute Gasteiger partial charge is 0.328 e. The Kier molecular flexibility index (Phi) is 7.55. The highest BCUT2D eigenvalue weighted by Gasteiger charge is 2.25. The highest BCUT2D eigenvalue weighted by atomic mass is 79.9. The predicted molar refractivity (Wildman–Crippen MR) is 87.3 cm³/mol. The zero-order chi connectivity index (χ0) is 16.7. The number of rotatable bonds is 7. The number of amides is 1. The summed E-state index contributed by atoms with van der Waals surface area (Å²) in [6.45, 7) is 3.82. The molecule has 1 aromatic rings. The van der Waals surface area contributed by atoms with E-state index >= 15 is 0 Å². The van der Waals surface area contributed by atoms with Crippen LogP contribution in [0.25, 0.3) is 0 Å². The highest BCUT2D eigenvalue weighted by molar-refractivity contribution is 9.10. The van der Waals surface area contributed by atoms with E-state index in [1.165, 1.54) is 7.11 Å². The van der Waals surface area contributed by atoms with Gasteiger partial charge in [-0.1, -0.05) is 41.9 Å². The van der Waals surface area contributed by atoms with Gasteiger partial charge < -0.3 is 15.2 Å². The highest BCUT2D eigenvalue weighted by Crippen LogP contribution is 2.14. The largest absolute Gasteiger partial charge is 0.467 e. The van der Waals surface area contributed by atoms with Gasteiger partial charge in [0.15, 0.2) is 0 Å². The third kappa shape index (κ3) is 6.15. The Bertz CT molecular complexity index is 519. The van der Waals surface area contributed by atoms with Crippen molar-refractivity contribution in [3.63, 3.8) is 0 Å². The van der Waals surface area contributed by atoms with Gasteiger partial charge in [-0.2, -0.15) is 0 Å². The fraction of sp³-hybridized carbons (Fsp3) is 0.500. The molecule has 1 rings (SSSR count). The molecule has 0 saturated heterocycles. The first kappa shape index (κ1) is 18.6. The van der Waals surface area contributed by atoms with E-state index in [1.807, 2.05) is 38.1 Å². The predicted octanol–water partition coefficient (Wildman–Crippen LogP) is 2.06. The molecule has 2 N–H and O–H groups in total. The van der Waals surface area contributed by atoms with Crippen LogP contribution in [0.1, 0.15) is 25.8 Å². The van der Waals surface area contributed by atoms with Crippen LogP contribution in [0.2, 0.25) is 0 Å². The molecule has 0 aliphatic carbocycles. The first-order valence-electron chi connectivity index (χ1n) is 7.14. The lowest BCUT2D eigenvalue weighted by atomic mass is 10.0. The van der Waals surface area contributed by atoms with Crippen molar-refractivity contribution in [3.05, 3.63) is 34.3 Å². The minimum atomic E-state index is -1.13. The number of ether oxygens (including phenoxy) is 1. The molecule has 0 radical (unpaired) electrons. The fourth-order valence-corrected chi connectivity index (χ4v) is 2.50. The number of carbonyl (C=O) groups excluding carboxylic acids is 2. The van der Waals surface area contributed by atoms with Crippen molar-refractivity contribution in [2.75, 3.05) is 7.11 Å². The maximum absolute atomic E-state index is 12.0. The average Bonchev–Trinajstić information content (AvgIpc) is 2.44. The van der Waals surface area contributed by atoms with Gasteiger partial charge in [-0.15, -0.1) is 0 Å². The maximum Gasteiger partial charge on any atom is 0.328 e. The van der Waals surface area contributed by atoms with E-state index < -0.39 is 24.0 Å².